The molecule has 0 saturated carbocycles. The first kappa shape index (κ1) is 44.0. The number of aryl methyl sites for hydroxylation is 2. The average molecular weight is 1040 g/mol. The van der Waals surface area contributed by atoms with Crippen molar-refractivity contribution >= 4 is 110 Å². The number of aromatic amines is 1. The molecular weight excluding hydrogens is 998 g/mol. The van der Waals surface area contributed by atoms with Gasteiger partial charge in [0.1, 0.15) is 18.5 Å². The average Bonchev–Trinajstić information content (AvgIpc) is 3.71. The van der Waals surface area contributed by atoms with E-state index in [0.29, 0.717) is 42.7 Å². The van der Waals surface area contributed by atoms with Gasteiger partial charge in [0.25, 0.3) is 0 Å². The maximum Gasteiger partial charge on any atom is 0.342 e. The van der Waals surface area contributed by atoms with Gasteiger partial charge in [0.2, 0.25) is 0 Å². The molecule has 0 aliphatic carbocycles. The number of H-pyrrole nitrogens is 1. The SMILES string of the molecule is CCOC(=O)c1cn(Cc2cc(S(C)(=O)=O)c3ncc(C)cc3c2)nc1I.CCOC(=O)c1cn[nH]c1I.Cc1cnc2c(S(C)(=O)=O)cc(CCl)cc2c1. The van der Waals surface area contributed by atoms with Gasteiger partial charge < -0.3 is 9.47 Å². The van der Waals surface area contributed by atoms with Crippen molar-refractivity contribution in [1.82, 2.24) is 29.9 Å². The van der Waals surface area contributed by atoms with Crippen molar-refractivity contribution in [2.75, 3.05) is 25.7 Å². The molecule has 0 aliphatic heterocycles. The maximum atomic E-state index is 12.2. The second kappa shape index (κ2) is 18.9. The number of hydrogen-bond acceptors (Lipinski definition) is 12. The molecule has 1 N–H and O–H groups in total. The van der Waals surface area contributed by atoms with Crippen LogP contribution in [0.15, 0.2) is 71.0 Å². The Morgan fingerprint density at radius 3 is 1.71 bits per heavy atom. The number of carbonyl (C=O) groups is 2. The summed E-state index contributed by atoms with van der Waals surface area (Å²) in [5.41, 5.74) is 5.31. The molecule has 0 unspecified atom stereocenters. The minimum absolute atomic E-state index is 0.183. The topological polar surface area (TPSA) is 193 Å². The lowest BCUT2D eigenvalue weighted by molar-refractivity contribution is 0.0515. The minimum atomic E-state index is -3.45. The Balaban J connectivity index is 0.000000204. The van der Waals surface area contributed by atoms with Crippen LogP contribution >= 0.6 is 56.8 Å². The van der Waals surface area contributed by atoms with Crippen molar-refractivity contribution in [2.24, 2.45) is 0 Å². The van der Waals surface area contributed by atoms with Gasteiger partial charge in [-0.3, -0.25) is 19.7 Å². The van der Waals surface area contributed by atoms with E-state index in [-0.39, 0.29) is 28.2 Å². The summed E-state index contributed by atoms with van der Waals surface area (Å²) in [4.78, 5) is 31.9. The molecule has 0 aliphatic rings. The second-order valence-electron chi connectivity index (χ2n) is 12.1. The number of benzene rings is 2. The normalized spacial score (nSPS) is 11.4. The van der Waals surface area contributed by atoms with E-state index in [4.69, 9.17) is 21.1 Å². The van der Waals surface area contributed by atoms with Crippen LogP contribution in [0, 0.1) is 21.2 Å². The molecule has 6 rings (SSSR count). The van der Waals surface area contributed by atoms with Gasteiger partial charge >= 0.3 is 11.9 Å². The zero-order chi connectivity index (χ0) is 40.7. The van der Waals surface area contributed by atoms with Crippen LogP contribution < -0.4 is 0 Å². The molecule has 14 nitrogen and oxygen atoms in total. The number of esters is 2. The summed E-state index contributed by atoms with van der Waals surface area (Å²) in [5, 5.41) is 12.2. The Labute approximate surface area is 350 Å². The first-order chi connectivity index (χ1) is 25.9. The van der Waals surface area contributed by atoms with Gasteiger partial charge in [-0.15, -0.1) is 11.6 Å². The van der Waals surface area contributed by atoms with Gasteiger partial charge in [-0.25, -0.2) is 26.4 Å². The summed E-state index contributed by atoms with van der Waals surface area (Å²) in [7, 11) is -6.74. The molecule has 19 heteroatoms. The predicted molar refractivity (Wildman–Crippen MR) is 226 cm³/mol. The fraction of sp³-hybridized carbons (Fsp3) is 0.278. The number of hydrogen-bond donors (Lipinski definition) is 1. The number of carbonyl (C=O) groups excluding carboxylic acids is 2. The number of aromatic nitrogens is 6. The molecule has 292 valence electrons. The zero-order valence-corrected chi connectivity index (χ0v) is 37.3. The van der Waals surface area contributed by atoms with Gasteiger partial charge in [0.15, 0.2) is 19.7 Å². The lowest BCUT2D eigenvalue weighted by atomic mass is 10.1. The fourth-order valence-corrected chi connectivity index (χ4v) is 8.20. The molecule has 6 aromatic rings. The van der Waals surface area contributed by atoms with E-state index in [1.54, 1.807) is 49.3 Å². The molecule has 4 heterocycles. The van der Waals surface area contributed by atoms with E-state index in [0.717, 1.165) is 33.0 Å². The molecule has 0 radical (unpaired) electrons. The molecule has 0 bridgehead atoms. The molecule has 0 atom stereocenters. The summed E-state index contributed by atoms with van der Waals surface area (Å²) in [5.74, 6) is -0.471. The van der Waals surface area contributed by atoms with Crippen LogP contribution in [0.4, 0.5) is 0 Å². The van der Waals surface area contributed by atoms with Crippen LogP contribution in [-0.4, -0.2) is 84.4 Å². The highest BCUT2D eigenvalue weighted by atomic mass is 127. The van der Waals surface area contributed by atoms with Crippen LogP contribution in [0.5, 0.6) is 0 Å². The Hall–Kier alpha value is -3.73. The highest BCUT2D eigenvalue weighted by Gasteiger charge is 2.19. The van der Waals surface area contributed by atoms with Gasteiger partial charge in [0, 0.05) is 47.8 Å². The third-order valence-corrected chi connectivity index (χ3v) is 11.6. The van der Waals surface area contributed by atoms with Crippen LogP contribution in [0.2, 0.25) is 0 Å². The number of halogens is 3. The van der Waals surface area contributed by atoms with E-state index in [2.05, 4.69) is 25.3 Å². The van der Waals surface area contributed by atoms with Crippen LogP contribution in [0.1, 0.15) is 56.8 Å². The van der Waals surface area contributed by atoms with Gasteiger partial charge in [0.05, 0.1) is 46.8 Å². The third kappa shape index (κ3) is 11.6. The van der Waals surface area contributed by atoms with E-state index in [1.165, 1.54) is 18.7 Å². The molecule has 0 saturated heterocycles. The van der Waals surface area contributed by atoms with Crippen molar-refractivity contribution in [3.63, 3.8) is 0 Å². The molecule has 4 aromatic heterocycles. The monoisotopic (exact) mass is 1030 g/mol. The molecule has 2 aromatic carbocycles. The molecular formula is C36H37ClI2N6O8S2. The Kier molecular flexibility index (Phi) is 15.1. The van der Waals surface area contributed by atoms with Crippen LogP contribution in [-0.2, 0) is 41.6 Å². The summed E-state index contributed by atoms with van der Waals surface area (Å²) in [6.07, 6.45) is 8.73. The number of fused-ring (bicyclic) bond motifs is 2. The fourth-order valence-electron chi connectivity index (χ4n) is 5.14. The standard InChI is InChI=1S/C18H18IN3O4S.C12H12ClNO2S.C6H7IN2O2/c1-4-26-18(23)14-10-22(21-17(14)19)9-12-6-13-5-11(2)8-20-16(13)15(7-12)27(3,24)25;1-8-3-10-4-9(6-13)5-11(17(2,15)16)12(10)14-7-8;1-2-11-6(10)4-3-8-9-5(4)7/h5-8,10H,4,9H2,1-3H3;3-5,7H,6H2,1-2H3;3H,2H2,1H3,(H,8,9). The number of alkyl halides is 1. The quantitative estimate of drug-likeness (QED) is 0.0901. The van der Waals surface area contributed by atoms with Crippen molar-refractivity contribution in [2.45, 2.75) is 49.9 Å². The number of rotatable bonds is 9. The lowest BCUT2D eigenvalue weighted by Gasteiger charge is -2.09. The summed E-state index contributed by atoms with van der Waals surface area (Å²) in [6, 6.07) is 10.8. The van der Waals surface area contributed by atoms with Crippen molar-refractivity contribution in [1.29, 1.82) is 0 Å². The second-order valence-corrected chi connectivity index (χ2v) is 18.4. The lowest BCUT2D eigenvalue weighted by Crippen LogP contribution is -2.06. The van der Waals surface area contributed by atoms with Crippen molar-refractivity contribution in [3.05, 3.63) is 102 Å². The summed E-state index contributed by atoms with van der Waals surface area (Å²) < 4.78 is 60.5. The number of sulfone groups is 2. The molecule has 0 amide bonds. The number of pyridine rings is 2. The van der Waals surface area contributed by atoms with Gasteiger partial charge in [-0.2, -0.15) is 10.2 Å². The van der Waals surface area contributed by atoms with E-state index >= 15 is 0 Å². The Morgan fingerprint density at radius 1 is 0.764 bits per heavy atom. The molecule has 0 fully saturated rings. The first-order valence-corrected chi connectivity index (χ1v) is 22.8. The Morgan fingerprint density at radius 2 is 1.25 bits per heavy atom. The number of nitrogens with one attached hydrogen (secondary N) is 1. The Bertz CT molecular complexity index is 2600. The smallest absolute Gasteiger partial charge is 0.342 e. The number of ether oxygens (including phenoxy) is 2. The number of nitrogens with zero attached hydrogens (tertiary/aromatic N) is 5. The highest BCUT2D eigenvalue weighted by molar-refractivity contribution is 14.1. The molecule has 55 heavy (non-hydrogen) atoms. The summed E-state index contributed by atoms with van der Waals surface area (Å²) >= 11 is 9.74. The van der Waals surface area contributed by atoms with E-state index in [9.17, 15) is 26.4 Å². The minimum Gasteiger partial charge on any atom is -0.462 e. The summed E-state index contributed by atoms with van der Waals surface area (Å²) in [6.45, 7) is 8.33. The first-order valence-electron chi connectivity index (χ1n) is 16.4. The van der Waals surface area contributed by atoms with Crippen molar-refractivity contribution in [3.8, 4) is 0 Å². The van der Waals surface area contributed by atoms with Gasteiger partial charge in [-0.1, -0.05) is 0 Å². The highest BCUT2D eigenvalue weighted by Crippen LogP contribution is 2.26. The molecule has 0 spiro atoms. The third-order valence-electron chi connectivity index (χ3n) is 7.49. The van der Waals surface area contributed by atoms with Crippen LogP contribution in [0.3, 0.4) is 0 Å². The zero-order valence-electron chi connectivity index (χ0n) is 30.6. The van der Waals surface area contributed by atoms with Crippen molar-refractivity contribution < 1.29 is 35.9 Å². The van der Waals surface area contributed by atoms with E-state index in [1.807, 2.05) is 83.3 Å². The predicted octanol–water partition coefficient (Wildman–Crippen LogP) is 6.85. The van der Waals surface area contributed by atoms with Gasteiger partial charge in [-0.05, 0) is 132 Å². The largest absolute Gasteiger partial charge is 0.462 e. The van der Waals surface area contributed by atoms with Crippen LogP contribution in [0.25, 0.3) is 21.8 Å². The maximum absolute atomic E-state index is 12.2. The van der Waals surface area contributed by atoms with E-state index < -0.39 is 25.6 Å².